The Kier molecular flexibility index (Phi) is 5.69. The molecular formula is C31H22BrNO4. The minimum atomic E-state index is -0.676. The maximum Gasteiger partial charge on any atom is 0.295 e. The van der Waals surface area contributed by atoms with E-state index in [2.05, 4.69) is 15.9 Å². The predicted octanol–water partition coefficient (Wildman–Crippen LogP) is 7.71. The lowest BCUT2D eigenvalue weighted by Crippen LogP contribution is -2.29. The lowest BCUT2D eigenvalue weighted by Gasteiger charge is -2.25. The Balaban J connectivity index is 1.56. The number of rotatable bonds is 4. The van der Waals surface area contributed by atoms with Gasteiger partial charge in [0.05, 0.1) is 17.0 Å². The molecule has 5 nitrogen and oxygen atoms in total. The number of benzene rings is 4. The minimum Gasteiger partial charge on any atom is -0.457 e. The molecule has 182 valence electrons. The second-order valence-electron chi connectivity index (χ2n) is 9.15. The third-order valence-corrected chi connectivity index (χ3v) is 7.27. The molecule has 0 bridgehead atoms. The van der Waals surface area contributed by atoms with E-state index in [1.165, 1.54) is 0 Å². The number of amides is 1. The summed E-state index contributed by atoms with van der Waals surface area (Å²) in [5.74, 6) is 1.03. The summed E-state index contributed by atoms with van der Waals surface area (Å²) in [6.45, 7) is 3.92. The highest BCUT2D eigenvalue weighted by atomic mass is 79.9. The summed E-state index contributed by atoms with van der Waals surface area (Å²) in [6, 6.07) is 27.4. The summed E-state index contributed by atoms with van der Waals surface area (Å²) < 4.78 is 13.1. The van der Waals surface area contributed by atoms with Crippen molar-refractivity contribution in [3.05, 3.63) is 134 Å². The summed E-state index contributed by atoms with van der Waals surface area (Å²) in [5.41, 5.74) is 3.94. The number of ether oxygens (including phenoxy) is 1. The Hall–Kier alpha value is -4.16. The van der Waals surface area contributed by atoms with Crippen molar-refractivity contribution in [1.82, 2.24) is 0 Å². The molecule has 2 heterocycles. The Bertz CT molecular complexity index is 1730. The zero-order valence-corrected chi connectivity index (χ0v) is 21.8. The van der Waals surface area contributed by atoms with Crippen LogP contribution in [-0.4, -0.2) is 5.91 Å². The van der Waals surface area contributed by atoms with Crippen LogP contribution in [0.4, 0.5) is 5.69 Å². The molecular weight excluding hydrogens is 530 g/mol. The standard InChI is InChI=1S/C31H22BrNO4/c1-18-15-25-26(16-19(18)2)37-30-27(29(25)34)28(33(31(30)35)22-13-11-21(32)12-14-22)20-7-6-10-24(17-20)36-23-8-4-3-5-9-23/h3-17,28H,1-2H3. The van der Waals surface area contributed by atoms with Crippen LogP contribution >= 0.6 is 15.9 Å². The number of halogens is 1. The molecule has 1 aliphatic rings. The first kappa shape index (κ1) is 23.3. The summed E-state index contributed by atoms with van der Waals surface area (Å²) in [6.07, 6.45) is 0. The van der Waals surface area contributed by atoms with Crippen molar-refractivity contribution in [2.45, 2.75) is 19.9 Å². The number of nitrogens with zero attached hydrogens (tertiary/aromatic N) is 1. The van der Waals surface area contributed by atoms with E-state index in [4.69, 9.17) is 9.15 Å². The van der Waals surface area contributed by atoms with Gasteiger partial charge in [0.2, 0.25) is 5.76 Å². The van der Waals surface area contributed by atoms with Gasteiger partial charge in [0.15, 0.2) is 5.43 Å². The van der Waals surface area contributed by atoms with Gasteiger partial charge in [0.1, 0.15) is 17.1 Å². The van der Waals surface area contributed by atoms with E-state index in [-0.39, 0.29) is 17.1 Å². The lowest BCUT2D eigenvalue weighted by molar-refractivity contribution is 0.0971. The molecule has 6 rings (SSSR count). The van der Waals surface area contributed by atoms with E-state index >= 15 is 0 Å². The van der Waals surface area contributed by atoms with Crippen LogP contribution in [0.1, 0.15) is 38.9 Å². The van der Waals surface area contributed by atoms with Crippen LogP contribution in [0.15, 0.2) is 105 Å². The molecule has 0 aliphatic carbocycles. The molecule has 6 heteroatoms. The normalized spacial score (nSPS) is 14.7. The number of fused-ring (bicyclic) bond motifs is 2. The quantitative estimate of drug-likeness (QED) is 0.229. The number of hydrogen-bond donors (Lipinski definition) is 0. The fraction of sp³-hybridized carbons (Fsp3) is 0.0968. The Morgan fingerprint density at radius 1 is 0.811 bits per heavy atom. The molecule has 1 unspecified atom stereocenters. The average Bonchev–Trinajstić information content (AvgIpc) is 3.19. The number of hydrogen-bond acceptors (Lipinski definition) is 4. The molecule has 0 spiro atoms. The van der Waals surface area contributed by atoms with Crippen LogP contribution in [0.5, 0.6) is 11.5 Å². The second kappa shape index (κ2) is 9.05. The average molecular weight is 552 g/mol. The monoisotopic (exact) mass is 551 g/mol. The van der Waals surface area contributed by atoms with E-state index in [1.54, 1.807) is 4.90 Å². The van der Waals surface area contributed by atoms with Crippen LogP contribution in [-0.2, 0) is 0 Å². The van der Waals surface area contributed by atoms with E-state index in [1.807, 2.05) is 105 Å². The molecule has 0 fully saturated rings. The molecule has 0 saturated carbocycles. The first-order valence-corrected chi connectivity index (χ1v) is 12.7. The Labute approximate surface area is 222 Å². The maximum absolute atomic E-state index is 13.9. The minimum absolute atomic E-state index is 0.0723. The third-order valence-electron chi connectivity index (χ3n) is 6.74. The molecule has 5 aromatic rings. The van der Waals surface area contributed by atoms with Gasteiger partial charge < -0.3 is 9.15 Å². The smallest absolute Gasteiger partial charge is 0.295 e. The van der Waals surface area contributed by atoms with Crippen LogP contribution < -0.4 is 15.1 Å². The van der Waals surface area contributed by atoms with Crippen molar-refractivity contribution >= 4 is 38.5 Å². The van der Waals surface area contributed by atoms with Crippen LogP contribution in [0.25, 0.3) is 11.0 Å². The third kappa shape index (κ3) is 4.03. The molecule has 1 atom stereocenters. The highest BCUT2D eigenvalue weighted by Gasteiger charge is 2.43. The van der Waals surface area contributed by atoms with Crippen LogP contribution in [0, 0.1) is 13.8 Å². The van der Waals surface area contributed by atoms with Crippen molar-refractivity contribution in [1.29, 1.82) is 0 Å². The van der Waals surface area contributed by atoms with Gasteiger partial charge in [-0.2, -0.15) is 0 Å². The van der Waals surface area contributed by atoms with E-state index < -0.39 is 6.04 Å². The second-order valence-corrected chi connectivity index (χ2v) is 10.1. The number of aryl methyl sites for hydroxylation is 2. The van der Waals surface area contributed by atoms with Gasteiger partial charge in [0.25, 0.3) is 5.91 Å². The fourth-order valence-corrected chi connectivity index (χ4v) is 5.05. The summed E-state index contributed by atoms with van der Waals surface area (Å²) in [5, 5.41) is 0.467. The first-order chi connectivity index (χ1) is 17.9. The summed E-state index contributed by atoms with van der Waals surface area (Å²) >= 11 is 3.46. The van der Waals surface area contributed by atoms with Crippen molar-refractivity contribution < 1.29 is 13.9 Å². The van der Waals surface area contributed by atoms with Gasteiger partial charge in [-0.05, 0) is 91.2 Å². The van der Waals surface area contributed by atoms with Crippen molar-refractivity contribution in [3.8, 4) is 11.5 Å². The van der Waals surface area contributed by atoms with Gasteiger partial charge in [-0.15, -0.1) is 0 Å². The van der Waals surface area contributed by atoms with Gasteiger partial charge in [-0.1, -0.05) is 46.3 Å². The predicted molar refractivity (Wildman–Crippen MR) is 148 cm³/mol. The van der Waals surface area contributed by atoms with Gasteiger partial charge >= 0.3 is 0 Å². The SMILES string of the molecule is Cc1cc2oc3c(c(=O)c2cc1C)C(c1cccc(Oc2ccccc2)c1)N(c1ccc(Br)cc1)C3=O. The van der Waals surface area contributed by atoms with Gasteiger partial charge in [-0.25, -0.2) is 0 Å². The van der Waals surface area contributed by atoms with Crippen LogP contribution in [0.2, 0.25) is 0 Å². The van der Waals surface area contributed by atoms with Gasteiger partial charge in [0, 0.05) is 10.2 Å². The van der Waals surface area contributed by atoms with E-state index in [0.29, 0.717) is 33.7 Å². The zero-order valence-electron chi connectivity index (χ0n) is 20.2. The summed E-state index contributed by atoms with van der Waals surface area (Å²) in [7, 11) is 0. The van der Waals surface area contributed by atoms with Gasteiger partial charge in [-0.3, -0.25) is 14.5 Å². The maximum atomic E-state index is 13.9. The van der Waals surface area contributed by atoms with Crippen molar-refractivity contribution in [3.63, 3.8) is 0 Å². The zero-order chi connectivity index (χ0) is 25.7. The number of para-hydroxylation sites is 1. The molecule has 1 amide bonds. The largest absolute Gasteiger partial charge is 0.457 e. The fourth-order valence-electron chi connectivity index (χ4n) is 4.78. The molecule has 1 aromatic heterocycles. The highest BCUT2D eigenvalue weighted by molar-refractivity contribution is 9.10. The van der Waals surface area contributed by atoms with Crippen molar-refractivity contribution in [2.75, 3.05) is 4.90 Å². The highest BCUT2D eigenvalue weighted by Crippen LogP contribution is 2.42. The first-order valence-electron chi connectivity index (χ1n) is 11.9. The van der Waals surface area contributed by atoms with Crippen molar-refractivity contribution in [2.24, 2.45) is 0 Å². The molecule has 1 aliphatic heterocycles. The molecule has 0 saturated heterocycles. The molecule has 0 radical (unpaired) electrons. The lowest BCUT2D eigenvalue weighted by atomic mass is 9.97. The molecule has 37 heavy (non-hydrogen) atoms. The van der Waals surface area contributed by atoms with E-state index in [0.717, 1.165) is 21.2 Å². The number of carbonyl (C=O) groups excluding carboxylic acids is 1. The topological polar surface area (TPSA) is 59.8 Å². The van der Waals surface area contributed by atoms with Crippen LogP contribution in [0.3, 0.4) is 0 Å². The molecule has 0 N–H and O–H groups in total. The molecule has 4 aromatic carbocycles. The number of anilines is 1. The Morgan fingerprint density at radius 3 is 2.27 bits per heavy atom. The number of carbonyl (C=O) groups is 1. The Morgan fingerprint density at radius 2 is 1.51 bits per heavy atom. The van der Waals surface area contributed by atoms with E-state index in [9.17, 15) is 9.59 Å². The summed E-state index contributed by atoms with van der Waals surface area (Å²) in [4.78, 5) is 29.4.